The number of carbonyl (C=O) groups excluding carboxylic acids is 5. The van der Waals surface area contributed by atoms with E-state index in [4.69, 9.17) is 0 Å². The molecule has 50 heavy (non-hydrogen) atoms. The van der Waals surface area contributed by atoms with Crippen molar-refractivity contribution >= 4 is 39.4 Å². The highest BCUT2D eigenvalue weighted by Gasteiger charge is 2.69. The van der Waals surface area contributed by atoms with Crippen molar-refractivity contribution in [2.45, 2.75) is 153 Å². The molecule has 12 nitrogen and oxygen atoms in total. The number of amides is 5. The molecule has 0 unspecified atom stereocenters. The number of likely N-dealkylation sites (tertiary alicyclic amines) is 1. The van der Waals surface area contributed by atoms with Gasteiger partial charge in [0.05, 0.1) is 22.1 Å². The standard InChI is InChI=1S/C37H61N5O7S/c1-35(2,3)50(48,49)22-37(19-11-8-12-20-37)41-34(47)40-28(24-13-9-7-10-14-24)33(46)42-21-25-27(36(25,4)5)29(42)31(44)39-26(18-17-23-15-16-23)30(43)32(45)38-6/h23-29H,7-22H2,1-6H3,(H,38,45)(H,39,44)(H2,40,41,47)/t25-,26-,27-,28-,29-/m0/s1. The van der Waals surface area contributed by atoms with E-state index in [1.54, 1.807) is 25.7 Å². The first-order valence-corrected chi connectivity index (χ1v) is 20.7. The van der Waals surface area contributed by atoms with Crippen LogP contribution in [-0.2, 0) is 29.0 Å². The van der Waals surface area contributed by atoms with E-state index in [1.807, 2.05) is 0 Å². The van der Waals surface area contributed by atoms with Crippen LogP contribution in [-0.4, -0.2) is 90.6 Å². The molecule has 5 rings (SSSR count). The number of carbonyl (C=O) groups is 5. The van der Waals surface area contributed by atoms with Crippen molar-refractivity contribution in [1.29, 1.82) is 0 Å². The maximum absolute atomic E-state index is 14.7. The van der Waals surface area contributed by atoms with Crippen LogP contribution in [0.15, 0.2) is 0 Å². The van der Waals surface area contributed by atoms with Gasteiger partial charge in [-0.15, -0.1) is 0 Å². The second kappa shape index (κ2) is 14.7. The van der Waals surface area contributed by atoms with Gasteiger partial charge in [-0.3, -0.25) is 19.2 Å². The van der Waals surface area contributed by atoms with Gasteiger partial charge < -0.3 is 26.2 Å². The van der Waals surface area contributed by atoms with Crippen molar-refractivity contribution < 1.29 is 32.4 Å². The highest BCUT2D eigenvalue weighted by Crippen LogP contribution is 2.65. The van der Waals surface area contributed by atoms with Gasteiger partial charge in [-0.25, -0.2) is 13.2 Å². The molecule has 5 atom stereocenters. The maximum atomic E-state index is 14.7. The van der Waals surface area contributed by atoms with Gasteiger partial charge in [-0.1, -0.05) is 65.2 Å². The Bertz CT molecular complexity index is 1420. The first-order chi connectivity index (χ1) is 23.4. The summed E-state index contributed by atoms with van der Waals surface area (Å²) in [5.74, 6) is -2.01. The summed E-state index contributed by atoms with van der Waals surface area (Å²) in [6.07, 6.45) is 11.3. The number of likely N-dealkylation sites (N-methyl/N-ethyl adjacent to an activating group) is 1. The number of piperidine rings is 1. The van der Waals surface area contributed by atoms with E-state index in [0.29, 0.717) is 31.7 Å². The van der Waals surface area contributed by atoms with Gasteiger partial charge in [-0.2, -0.15) is 0 Å². The number of ketones is 1. The SMILES string of the molecule is CNC(=O)C(=O)[C@H](CCC1CC1)NC(=O)[C@@H]1[C@@H]2[C@H](CN1C(=O)[C@@H](NC(=O)NC1(CS(=O)(=O)C(C)(C)C)CCCCC1)C1CCCCC1)C2(C)C. The van der Waals surface area contributed by atoms with Crippen LogP contribution < -0.4 is 21.3 Å². The van der Waals surface area contributed by atoms with E-state index < -0.39 is 61.9 Å². The Morgan fingerprint density at radius 1 is 0.880 bits per heavy atom. The van der Waals surface area contributed by atoms with Crippen LogP contribution in [0.5, 0.6) is 0 Å². The predicted octanol–water partition coefficient (Wildman–Crippen LogP) is 3.62. The third kappa shape index (κ3) is 8.33. The van der Waals surface area contributed by atoms with Crippen LogP contribution >= 0.6 is 0 Å². The summed E-state index contributed by atoms with van der Waals surface area (Å²) in [6.45, 7) is 9.57. The minimum absolute atomic E-state index is 0.0932. The second-order valence-corrected chi connectivity index (χ2v) is 20.3. The molecule has 4 saturated carbocycles. The maximum Gasteiger partial charge on any atom is 0.315 e. The topological polar surface area (TPSA) is 171 Å². The summed E-state index contributed by atoms with van der Waals surface area (Å²) >= 11 is 0. The molecule has 5 aliphatic rings. The molecule has 4 aliphatic carbocycles. The number of urea groups is 1. The number of hydrogen-bond donors (Lipinski definition) is 4. The number of hydrogen-bond acceptors (Lipinski definition) is 7. The average molecular weight is 720 g/mol. The highest BCUT2D eigenvalue weighted by molar-refractivity contribution is 7.92. The molecule has 1 aliphatic heterocycles. The molecule has 0 aromatic heterocycles. The second-order valence-electron chi connectivity index (χ2n) is 17.6. The van der Waals surface area contributed by atoms with Gasteiger partial charge in [0.15, 0.2) is 9.84 Å². The molecule has 13 heteroatoms. The van der Waals surface area contributed by atoms with E-state index in [2.05, 4.69) is 35.1 Å². The fraction of sp³-hybridized carbons (Fsp3) is 0.865. The molecule has 5 amide bonds. The summed E-state index contributed by atoms with van der Waals surface area (Å²) in [7, 11) is -2.16. The van der Waals surface area contributed by atoms with Gasteiger partial charge in [0.1, 0.15) is 12.1 Å². The molecule has 282 valence electrons. The number of Topliss-reactive ketones (excluding diaryl/α,β-unsaturated/α-hetero) is 1. The molecule has 1 heterocycles. The molecule has 0 aromatic carbocycles. The Hall–Kier alpha value is -2.70. The zero-order valence-corrected chi connectivity index (χ0v) is 31.9. The molecule has 0 radical (unpaired) electrons. The van der Waals surface area contributed by atoms with Crippen LogP contribution in [0.4, 0.5) is 4.79 Å². The van der Waals surface area contributed by atoms with Crippen LogP contribution in [0.3, 0.4) is 0 Å². The first-order valence-electron chi connectivity index (χ1n) is 19.1. The summed E-state index contributed by atoms with van der Waals surface area (Å²) in [4.78, 5) is 69.8. The zero-order chi connectivity index (χ0) is 36.6. The minimum atomic E-state index is -3.55. The monoisotopic (exact) mass is 719 g/mol. The van der Waals surface area contributed by atoms with Gasteiger partial charge in [0.25, 0.3) is 5.91 Å². The Labute approximate surface area is 298 Å². The molecule has 0 spiro atoms. The van der Waals surface area contributed by atoms with Crippen LogP contribution in [0.25, 0.3) is 0 Å². The fourth-order valence-electron chi connectivity index (χ4n) is 8.99. The van der Waals surface area contributed by atoms with Crippen LogP contribution in [0.2, 0.25) is 0 Å². The van der Waals surface area contributed by atoms with Crippen LogP contribution in [0, 0.1) is 29.1 Å². The zero-order valence-electron chi connectivity index (χ0n) is 31.1. The van der Waals surface area contributed by atoms with Crippen molar-refractivity contribution in [3.63, 3.8) is 0 Å². The Morgan fingerprint density at radius 3 is 2.08 bits per heavy atom. The number of nitrogens with one attached hydrogen (secondary N) is 4. The van der Waals surface area contributed by atoms with Gasteiger partial charge in [0, 0.05) is 13.6 Å². The summed E-state index contributed by atoms with van der Waals surface area (Å²) in [5, 5.41) is 11.4. The van der Waals surface area contributed by atoms with E-state index >= 15 is 0 Å². The van der Waals surface area contributed by atoms with E-state index in [0.717, 1.165) is 70.6 Å². The molecule has 1 saturated heterocycles. The van der Waals surface area contributed by atoms with Crippen molar-refractivity contribution in [1.82, 2.24) is 26.2 Å². The molecular formula is C37H61N5O7S. The van der Waals surface area contributed by atoms with E-state index in [1.165, 1.54) is 7.05 Å². The number of sulfone groups is 1. The lowest BCUT2D eigenvalue weighted by Crippen LogP contribution is -2.63. The number of nitrogens with zero attached hydrogens (tertiary/aromatic N) is 1. The van der Waals surface area contributed by atoms with Crippen molar-refractivity contribution in [3.05, 3.63) is 0 Å². The summed E-state index contributed by atoms with van der Waals surface area (Å²) in [5.41, 5.74) is -1.10. The number of rotatable bonds is 13. The van der Waals surface area contributed by atoms with E-state index in [-0.39, 0.29) is 34.8 Å². The van der Waals surface area contributed by atoms with Gasteiger partial charge in [-0.05, 0) is 88.4 Å². The summed E-state index contributed by atoms with van der Waals surface area (Å²) in [6, 6.07) is -3.25. The van der Waals surface area contributed by atoms with E-state index in [9.17, 15) is 32.4 Å². The highest BCUT2D eigenvalue weighted by atomic mass is 32.2. The largest absolute Gasteiger partial charge is 0.353 e. The van der Waals surface area contributed by atoms with Crippen LogP contribution in [0.1, 0.15) is 125 Å². The third-order valence-corrected chi connectivity index (χ3v) is 15.5. The number of fused-ring (bicyclic) bond motifs is 1. The van der Waals surface area contributed by atoms with Crippen molar-refractivity contribution in [2.75, 3.05) is 19.3 Å². The molecule has 5 fully saturated rings. The normalized spacial score (nSPS) is 27.3. The summed E-state index contributed by atoms with van der Waals surface area (Å²) < 4.78 is 25.8. The Kier molecular flexibility index (Phi) is 11.4. The van der Waals surface area contributed by atoms with Crippen molar-refractivity contribution in [2.24, 2.45) is 29.1 Å². The molecule has 4 N–H and O–H groups in total. The van der Waals surface area contributed by atoms with Gasteiger partial charge in [0.2, 0.25) is 17.6 Å². The Balaban J connectivity index is 1.37. The lowest BCUT2D eigenvalue weighted by molar-refractivity contribution is -0.144. The quantitative estimate of drug-likeness (QED) is 0.211. The third-order valence-electron chi connectivity index (χ3n) is 12.7. The van der Waals surface area contributed by atoms with Gasteiger partial charge >= 0.3 is 6.03 Å². The predicted molar refractivity (Wildman–Crippen MR) is 191 cm³/mol. The lowest BCUT2D eigenvalue weighted by atomic mass is 9.82. The lowest BCUT2D eigenvalue weighted by Gasteiger charge is -2.41. The molecular weight excluding hydrogens is 659 g/mol. The molecule has 0 bridgehead atoms. The fourth-order valence-corrected chi connectivity index (χ4v) is 10.5. The Morgan fingerprint density at radius 2 is 1.50 bits per heavy atom. The van der Waals surface area contributed by atoms with Crippen molar-refractivity contribution in [3.8, 4) is 0 Å². The first kappa shape index (κ1) is 38.5. The smallest absolute Gasteiger partial charge is 0.315 e. The average Bonchev–Trinajstić information content (AvgIpc) is 3.92. The molecule has 0 aromatic rings. The minimum Gasteiger partial charge on any atom is -0.353 e.